The van der Waals surface area contributed by atoms with Gasteiger partial charge in [0, 0.05) is 35.4 Å². The fraction of sp³-hybridized carbons (Fsp3) is 0.462. The number of nitrogens with one attached hydrogen (secondary N) is 1. The average molecular weight is 490 g/mol. The van der Waals surface area contributed by atoms with Gasteiger partial charge >= 0.3 is 5.97 Å². The summed E-state index contributed by atoms with van der Waals surface area (Å²) in [5.74, 6) is -0.612. The van der Waals surface area contributed by atoms with E-state index in [1.165, 1.54) is 0 Å². The van der Waals surface area contributed by atoms with E-state index in [0.29, 0.717) is 23.6 Å². The van der Waals surface area contributed by atoms with Crippen LogP contribution in [0.25, 0.3) is 0 Å². The maximum atomic E-state index is 12.4. The lowest BCUT2D eigenvalue weighted by Gasteiger charge is -2.43. The second kappa shape index (κ2) is 11.2. The number of halogens is 1. The zero-order valence-corrected chi connectivity index (χ0v) is 20.5. The number of benzene rings is 2. The van der Waals surface area contributed by atoms with E-state index in [4.69, 9.17) is 26.2 Å². The summed E-state index contributed by atoms with van der Waals surface area (Å²) in [6.07, 6.45) is 0.195. The van der Waals surface area contributed by atoms with Crippen molar-refractivity contribution >= 4 is 23.5 Å². The molecule has 1 aliphatic heterocycles. The molecule has 0 aliphatic carbocycles. The Hall–Kier alpha value is -2.61. The summed E-state index contributed by atoms with van der Waals surface area (Å²) in [5.41, 5.74) is 2.11. The number of carboxylic acid groups (broad SMARTS) is 1. The Morgan fingerprint density at radius 2 is 1.85 bits per heavy atom. The van der Waals surface area contributed by atoms with E-state index in [0.717, 1.165) is 16.7 Å². The van der Waals surface area contributed by atoms with Crippen LogP contribution in [0.2, 0.25) is 5.02 Å². The summed E-state index contributed by atoms with van der Waals surface area (Å²) in [5, 5.41) is 22.0. The number of aliphatic carboxylic acids is 1. The van der Waals surface area contributed by atoms with Gasteiger partial charge in [0.2, 0.25) is 5.91 Å². The summed E-state index contributed by atoms with van der Waals surface area (Å²) < 4.78 is 12.2. The lowest BCUT2D eigenvalue weighted by molar-refractivity contribution is -0.139. The number of hydrogen-bond acceptors (Lipinski definition) is 5. The number of carboxylic acids is 1. The van der Waals surface area contributed by atoms with E-state index in [1.807, 2.05) is 31.2 Å². The SMILES string of the molecule is CC(C)c1ccc(OCC(=O)O)c([C@H]2C[C@@](C)(NC(=O)CCO)C[C@@H](c3ccc(Cl)cc3)O2)c1. The first-order valence-electron chi connectivity index (χ1n) is 11.4. The van der Waals surface area contributed by atoms with Gasteiger partial charge in [-0.3, -0.25) is 4.79 Å². The van der Waals surface area contributed by atoms with Gasteiger partial charge in [-0.15, -0.1) is 0 Å². The van der Waals surface area contributed by atoms with Gasteiger partial charge < -0.3 is 25.0 Å². The molecule has 0 saturated carbocycles. The molecule has 0 aromatic heterocycles. The summed E-state index contributed by atoms with van der Waals surface area (Å²) in [7, 11) is 0. The smallest absolute Gasteiger partial charge is 0.341 e. The Labute approximate surface area is 205 Å². The van der Waals surface area contributed by atoms with Crippen molar-refractivity contribution < 1.29 is 29.3 Å². The third kappa shape index (κ3) is 6.72. The van der Waals surface area contributed by atoms with Gasteiger partial charge in [0.25, 0.3) is 0 Å². The van der Waals surface area contributed by atoms with Crippen molar-refractivity contribution in [2.45, 2.75) is 63.7 Å². The van der Waals surface area contributed by atoms with Gasteiger partial charge in [-0.1, -0.05) is 43.6 Å². The second-order valence-corrected chi connectivity index (χ2v) is 9.73. The van der Waals surface area contributed by atoms with Crippen LogP contribution < -0.4 is 10.1 Å². The van der Waals surface area contributed by atoms with Crippen LogP contribution >= 0.6 is 11.6 Å². The molecule has 1 heterocycles. The molecular weight excluding hydrogens is 458 g/mol. The lowest BCUT2D eigenvalue weighted by Crippen LogP contribution is -2.51. The van der Waals surface area contributed by atoms with Gasteiger partial charge in [0.1, 0.15) is 5.75 Å². The van der Waals surface area contributed by atoms with Crippen LogP contribution in [0, 0.1) is 0 Å². The van der Waals surface area contributed by atoms with Crippen LogP contribution in [-0.4, -0.2) is 40.8 Å². The minimum absolute atomic E-state index is 0.0164. The molecule has 2 aromatic carbocycles. The first kappa shape index (κ1) is 26.0. The number of carbonyl (C=O) groups is 2. The fourth-order valence-electron chi connectivity index (χ4n) is 4.30. The van der Waals surface area contributed by atoms with Crippen LogP contribution in [0.15, 0.2) is 42.5 Å². The molecular formula is C26H32ClNO6. The predicted molar refractivity (Wildman–Crippen MR) is 129 cm³/mol. The summed E-state index contributed by atoms with van der Waals surface area (Å²) in [6, 6.07) is 13.1. The quantitative estimate of drug-likeness (QED) is 0.468. The molecule has 34 heavy (non-hydrogen) atoms. The zero-order valence-electron chi connectivity index (χ0n) is 19.7. The van der Waals surface area contributed by atoms with Gasteiger partial charge in [-0.05, 0) is 48.2 Å². The zero-order chi connectivity index (χ0) is 24.9. The van der Waals surface area contributed by atoms with E-state index in [9.17, 15) is 14.7 Å². The first-order valence-corrected chi connectivity index (χ1v) is 11.8. The Balaban J connectivity index is 2.01. The van der Waals surface area contributed by atoms with E-state index in [-0.39, 0.29) is 31.0 Å². The molecule has 1 aliphatic rings. The van der Waals surface area contributed by atoms with Crippen LogP contribution in [0.5, 0.6) is 5.75 Å². The van der Waals surface area contributed by atoms with Gasteiger partial charge in [-0.25, -0.2) is 4.79 Å². The molecule has 3 rings (SSSR count). The monoisotopic (exact) mass is 489 g/mol. The van der Waals surface area contributed by atoms with Crippen LogP contribution in [0.4, 0.5) is 0 Å². The Bertz CT molecular complexity index is 1010. The molecule has 3 N–H and O–H groups in total. The third-order valence-corrected chi connectivity index (χ3v) is 6.27. The molecule has 1 saturated heterocycles. The summed E-state index contributed by atoms with van der Waals surface area (Å²) in [6.45, 7) is 5.42. The molecule has 0 radical (unpaired) electrons. The molecule has 8 heteroatoms. The minimum Gasteiger partial charge on any atom is -0.482 e. The van der Waals surface area contributed by atoms with Gasteiger partial charge in [0.05, 0.1) is 18.8 Å². The van der Waals surface area contributed by atoms with Gasteiger partial charge in [-0.2, -0.15) is 0 Å². The highest BCUT2D eigenvalue weighted by molar-refractivity contribution is 6.30. The molecule has 2 aromatic rings. The summed E-state index contributed by atoms with van der Waals surface area (Å²) >= 11 is 6.08. The topological polar surface area (TPSA) is 105 Å². The molecule has 3 atom stereocenters. The fourth-order valence-corrected chi connectivity index (χ4v) is 4.43. The van der Waals surface area contributed by atoms with Crippen molar-refractivity contribution in [3.63, 3.8) is 0 Å². The predicted octanol–water partition coefficient (Wildman–Crippen LogP) is 4.78. The molecule has 184 valence electrons. The number of hydrogen-bond donors (Lipinski definition) is 3. The number of rotatable bonds is 9. The van der Waals surface area contributed by atoms with Crippen LogP contribution in [0.1, 0.15) is 74.8 Å². The van der Waals surface area contributed by atoms with Crippen molar-refractivity contribution in [3.05, 3.63) is 64.2 Å². The second-order valence-electron chi connectivity index (χ2n) is 9.29. The Kier molecular flexibility index (Phi) is 8.57. The average Bonchev–Trinajstić information content (AvgIpc) is 2.77. The van der Waals surface area contributed by atoms with E-state index in [2.05, 4.69) is 19.2 Å². The number of carbonyl (C=O) groups excluding carboxylic acids is 1. The first-order chi connectivity index (χ1) is 16.1. The number of aliphatic hydroxyl groups is 1. The maximum absolute atomic E-state index is 12.4. The minimum atomic E-state index is -1.07. The standard InChI is InChI=1S/C26H32ClNO6/c1-16(2)18-6-9-21(33-15-25(31)32)20(12-18)23-14-26(3,28-24(30)10-11-29)13-22(34-23)17-4-7-19(27)8-5-17/h4-9,12,16,22-23,29H,10-11,13-15H2,1-3H3,(H,28,30)(H,31,32)/t22-,23+,26-/m0/s1. The third-order valence-electron chi connectivity index (χ3n) is 6.02. The number of aliphatic hydroxyl groups excluding tert-OH is 1. The highest BCUT2D eigenvalue weighted by atomic mass is 35.5. The molecule has 0 bridgehead atoms. The molecule has 7 nitrogen and oxygen atoms in total. The Morgan fingerprint density at radius 3 is 2.47 bits per heavy atom. The highest BCUT2D eigenvalue weighted by Gasteiger charge is 2.41. The Morgan fingerprint density at radius 1 is 1.18 bits per heavy atom. The van der Waals surface area contributed by atoms with Crippen molar-refractivity contribution in [2.75, 3.05) is 13.2 Å². The van der Waals surface area contributed by atoms with E-state index in [1.54, 1.807) is 18.2 Å². The van der Waals surface area contributed by atoms with Crippen molar-refractivity contribution in [2.24, 2.45) is 0 Å². The van der Waals surface area contributed by atoms with Crippen molar-refractivity contribution in [3.8, 4) is 5.75 Å². The highest BCUT2D eigenvalue weighted by Crippen LogP contribution is 2.46. The molecule has 0 spiro atoms. The van der Waals surface area contributed by atoms with E-state index >= 15 is 0 Å². The van der Waals surface area contributed by atoms with Crippen molar-refractivity contribution in [1.82, 2.24) is 5.32 Å². The lowest BCUT2D eigenvalue weighted by atomic mass is 9.80. The van der Waals surface area contributed by atoms with Crippen LogP contribution in [0.3, 0.4) is 0 Å². The molecule has 1 fully saturated rings. The van der Waals surface area contributed by atoms with Gasteiger partial charge in [0.15, 0.2) is 6.61 Å². The van der Waals surface area contributed by atoms with E-state index < -0.39 is 24.2 Å². The number of ether oxygens (including phenoxy) is 2. The largest absolute Gasteiger partial charge is 0.482 e. The van der Waals surface area contributed by atoms with Crippen LogP contribution in [-0.2, 0) is 14.3 Å². The molecule has 1 amide bonds. The maximum Gasteiger partial charge on any atom is 0.341 e. The summed E-state index contributed by atoms with van der Waals surface area (Å²) in [4.78, 5) is 23.6. The van der Waals surface area contributed by atoms with Crippen molar-refractivity contribution in [1.29, 1.82) is 0 Å². The normalized spacial score (nSPS) is 22.4. The molecule has 0 unspecified atom stereocenters. The number of amides is 1.